The van der Waals surface area contributed by atoms with Crippen LogP contribution in [-0.4, -0.2) is 67.8 Å². The number of carbonyl (C=O) groups excluding carboxylic acids is 4. The van der Waals surface area contributed by atoms with Crippen LogP contribution in [0.1, 0.15) is 46.1 Å². The lowest BCUT2D eigenvalue weighted by atomic mass is 9.98. The fraction of sp³-hybridized carbons (Fsp3) is 0.583. The molecular weight excluding hydrogens is 467 g/mol. The van der Waals surface area contributed by atoms with E-state index in [9.17, 15) is 23.6 Å². The second-order valence-corrected chi connectivity index (χ2v) is 8.02. The molecular formula is C24H31FO10. The first-order valence-electron chi connectivity index (χ1n) is 11.2. The summed E-state index contributed by atoms with van der Waals surface area (Å²) in [6.45, 7) is 4.54. The molecule has 2 rings (SSSR count). The van der Waals surface area contributed by atoms with Gasteiger partial charge >= 0.3 is 23.9 Å². The Labute approximate surface area is 202 Å². The van der Waals surface area contributed by atoms with Crippen molar-refractivity contribution in [2.75, 3.05) is 13.2 Å². The van der Waals surface area contributed by atoms with Gasteiger partial charge in [0.05, 0.1) is 0 Å². The van der Waals surface area contributed by atoms with E-state index in [0.717, 1.165) is 32.8 Å². The number of esters is 4. The molecule has 194 valence electrons. The third-order valence-electron chi connectivity index (χ3n) is 5.00. The Morgan fingerprint density at radius 3 is 1.94 bits per heavy atom. The molecule has 0 amide bonds. The van der Waals surface area contributed by atoms with Gasteiger partial charge in [0.15, 0.2) is 24.6 Å². The van der Waals surface area contributed by atoms with Gasteiger partial charge in [0.1, 0.15) is 18.5 Å². The molecule has 0 aliphatic carbocycles. The summed E-state index contributed by atoms with van der Waals surface area (Å²) in [5.41, 5.74) is 0.971. The largest absolute Gasteiger partial charge is 0.463 e. The maximum absolute atomic E-state index is 13.0. The van der Waals surface area contributed by atoms with Crippen LogP contribution >= 0.6 is 0 Å². The smallest absolute Gasteiger partial charge is 0.303 e. The molecule has 0 radical (unpaired) electrons. The van der Waals surface area contributed by atoms with Crippen molar-refractivity contribution >= 4 is 23.9 Å². The first-order valence-corrected chi connectivity index (χ1v) is 11.2. The maximum Gasteiger partial charge on any atom is 0.303 e. The van der Waals surface area contributed by atoms with Gasteiger partial charge in [0.2, 0.25) is 0 Å². The van der Waals surface area contributed by atoms with E-state index in [1.165, 1.54) is 19.1 Å². The van der Waals surface area contributed by atoms with E-state index in [2.05, 4.69) is 0 Å². The van der Waals surface area contributed by atoms with Crippen LogP contribution in [0.25, 0.3) is 0 Å². The van der Waals surface area contributed by atoms with Crippen molar-refractivity contribution in [3.05, 3.63) is 35.6 Å². The Morgan fingerprint density at radius 1 is 0.800 bits per heavy atom. The minimum atomic E-state index is -1.26. The molecule has 0 bridgehead atoms. The highest BCUT2D eigenvalue weighted by atomic mass is 19.1. The highest BCUT2D eigenvalue weighted by Crippen LogP contribution is 2.30. The van der Waals surface area contributed by atoms with Crippen molar-refractivity contribution < 1.29 is 52.0 Å². The van der Waals surface area contributed by atoms with E-state index < -0.39 is 54.6 Å². The van der Waals surface area contributed by atoms with Crippen LogP contribution in [0.3, 0.4) is 0 Å². The Morgan fingerprint density at radius 2 is 1.37 bits per heavy atom. The van der Waals surface area contributed by atoms with Crippen LogP contribution in [0.4, 0.5) is 4.39 Å². The lowest BCUT2D eigenvalue weighted by Gasteiger charge is -2.44. The van der Waals surface area contributed by atoms with Crippen molar-refractivity contribution in [3.63, 3.8) is 0 Å². The summed E-state index contributed by atoms with van der Waals surface area (Å²) in [4.78, 5) is 46.7. The summed E-state index contributed by atoms with van der Waals surface area (Å²) in [6.07, 6.45) is -3.98. The highest BCUT2D eigenvalue weighted by Gasteiger charge is 2.52. The van der Waals surface area contributed by atoms with Crippen molar-refractivity contribution in [2.45, 2.75) is 77.7 Å². The zero-order valence-electron chi connectivity index (χ0n) is 20.2. The number of rotatable bonds is 11. The molecule has 1 heterocycles. The van der Waals surface area contributed by atoms with E-state index in [4.69, 9.17) is 28.4 Å². The lowest BCUT2D eigenvalue weighted by Crippen LogP contribution is -2.63. The maximum atomic E-state index is 13.0. The van der Waals surface area contributed by atoms with Crippen molar-refractivity contribution in [1.82, 2.24) is 0 Å². The number of carbonyl (C=O) groups is 4. The fourth-order valence-corrected chi connectivity index (χ4v) is 3.60. The first-order chi connectivity index (χ1) is 16.6. The lowest BCUT2D eigenvalue weighted by molar-refractivity contribution is -0.308. The predicted molar refractivity (Wildman–Crippen MR) is 117 cm³/mol. The van der Waals surface area contributed by atoms with Crippen LogP contribution in [0.15, 0.2) is 24.3 Å². The molecule has 0 spiro atoms. The van der Waals surface area contributed by atoms with E-state index in [1.54, 1.807) is 12.1 Å². The van der Waals surface area contributed by atoms with Crippen LogP contribution in [0, 0.1) is 5.82 Å². The van der Waals surface area contributed by atoms with Gasteiger partial charge in [0, 0.05) is 34.3 Å². The molecule has 1 aromatic rings. The number of aryl methyl sites for hydroxylation is 1. The SMILES string of the molecule is CC(=O)OC[C@H]1O[C@@H](OCCCCc2ccc(F)cc2)[C@H](OC(C)=O)[C@@H](OC(C)=O)[C@@H]1OC(C)=O. The van der Waals surface area contributed by atoms with Crippen LogP contribution in [0.2, 0.25) is 0 Å². The molecule has 0 aromatic heterocycles. The summed E-state index contributed by atoms with van der Waals surface area (Å²) in [5.74, 6) is -3.01. The van der Waals surface area contributed by atoms with Crippen molar-refractivity contribution in [3.8, 4) is 0 Å². The Kier molecular flexibility index (Phi) is 11.1. The number of benzene rings is 1. The standard InChI is InChI=1S/C24H31FO10/c1-14(26)31-13-20-21(32-15(2)27)22(33-16(3)28)23(34-17(4)29)24(35-20)30-12-6-5-7-18-8-10-19(25)11-9-18/h8-11,20-24H,5-7,12-13H2,1-4H3/t20-,21-,22+,23-,24-/m1/s1. The summed E-state index contributed by atoms with van der Waals surface area (Å²) < 4.78 is 45.8. The molecule has 1 aliphatic rings. The minimum Gasteiger partial charge on any atom is -0.463 e. The first kappa shape index (κ1) is 28.2. The van der Waals surface area contributed by atoms with Gasteiger partial charge in [-0.3, -0.25) is 19.2 Å². The molecule has 0 unspecified atom stereocenters. The van der Waals surface area contributed by atoms with Crippen LogP contribution < -0.4 is 0 Å². The Hall–Kier alpha value is -3.05. The predicted octanol–water partition coefficient (Wildman–Crippen LogP) is 2.25. The molecule has 1 saturated heterocycles. The van der Waals surface area contributed by atoms with Gasteiger partial charge in [-0.25, -0.2) is 4.39 Å². The number of unbranched alkanes of at least 4 members (excludes halogenated alkanes) is 1. The summed E-state index contributed by atoms with van der Waals surface area (Å²) in [5, 5.41) is 0. The van der Waals surface area contributed by atoms with Crippen molar-refractivity contribution in [1.29, 1.82) is 0 Å². The van der Waals surface area contributed by atoms with E-state index in [-0.39, 0.29) is 19.0 Å². The molecule has 1 aromatic carbocycles. The molecule has 1 aliphatic heterocycles. The second kappa shape index (κ2) is 13.7. The summed E-state index contributed by atoms with van der Waals surface area (Å²) >= 11 is 0. The van der Waals surface area contributed by atoms with Gasteiger partial charge in [-0.1, -0.05) is 12.1 Å². The number of hydrogen-bond acceptors (Lipinski definition) is 10. The molecule has 0 N–H and O–H groups in total. The number of ether oxygens (including phenoxy) is 6. The van der Waals surface area contributed by atoms with Gasteiger partial charge in [0.25, 0.3) is 0 Å². The van der Waals surface area contributed by atoms with E-state index >= 15 is 0 Å². The fourth-order valence-electron chi connectivity index (χ4n) is 3.60. The average Bonchev–Trinajstić information content (AvgIpc) is 2.76. The van der Waals surface area contributed by atoms with Gasteiger partial charge in [-0.2, -0.15) is 0 Å². The molecule has 10 nitrogen and oxygen atoms in total. The number of halogens is 1. The molecule has 0 saturated carbocycles. The van der Waals surface area contributed by atoms with Gasteiger partial charge < -0.3 is 28.4 Å². The Balaban J connectivity index is 2.13. The summed E-state index contributed by atoms with van der Waals surface area (Å²) in [6, 6.07) is 6.19. The van der Waals surface area contributed by atoms with Crippen molar-refractivity contribution in [2.24, 2.45) is 0 Å². The average molecular weight is 499 g/mol. The Bertz CT molecular complexity index is 872. The molecule has 1 fully saturated rings. The molecule has 11 heteroatoms. The third-order valence-corrected chi connectivity index (χ3v) is 5.00. The highest BCUT2D eigenvalue weighted by molar-refractivity contribution is 5.68. The monoisotopic (exact) mass is 498 g/mol. The van der Waals surface area contributed by atoms with Crippen LogP contribution in [-0.2, 0) is 54.0 Å². The van der Waals surface area contributed by atoms with Crippen LogP contribution in [0.5, 0.6) is 0 Å². The zero-order valence-corrected chi connectivity index (χ0v) is 20.2. The van der Waals surface area contributed by atoms with E-state index in [1.807, 2.05) is 0 Å². The third kappa shape index (κ3) is 9.61. The quantitative estimate of drug-likeness (QED) is 0.255. The molecule has 5 atom stereocenters. The van der Waals surface area contributed by atoms with Gasteiger partial charge in [-0.15, -0.1) is 0 Å². The topological polar surface area (TPSA) is 124 Å². The molecule has 35 heavy (non-hydrogen) atoms. The van der Waals surface area contributed by atoms with Gasteiger partial charge in [-0.05, 0) is 37.0 Å². The normalized spacial score (nSPS) is 23.7. The van der Waals surface area contributed by atoms with E-state index in [0.29, 0.717) is 12.8 Å². The minimum absolute atomic E-state index is 0.189. The second-order valence-electron chi connectivity index (χ2n) is 8.02. The summed E-state index contributed by atoms with van der Waals surface area (Å²) in [7, 11) is 0. The zero-order chi connectivity index (χ0) is 26.0. The number of hydrogen-bond donors (Lipinski definition) is 0.